The lowest BCUT2D eigenvalue weighted by Crippen LogP contribution is -2.27. The third kappa shape index (κ3) is 5.68. The van der Waals surface area contributed by atoms with Gasteiger partial charge in [0.2, 0.25) is 0 Å². The highest BCUT2D eigenvalue weighted by Crippen LogP contribution is 2.20. The maximum absolute atomic E-state index is 12.2. The van der Waals surface area contributed by atoms with Gasteiger partial charge in [-0.1, -0.05) is 24.3 Å². The van der Waals surface area contributed by atoms with Crippen molar-refractivity contribution >= 4 is 23.1 Å². The van der Waals surface area contributed by atoms with Crippen LogP contribution < -0.4 is 9.64 Å². The second kappa shape index (κ2) is 9.88. The number of aromatic nitrogens is 1. The molecular weight excluding hydrogens is 379 g/mol. The van der Waals surface area contributed by atoms with E-state index in [4.69, 9.17) is 19.0 Å². The molecule has 1 unspecified atom stereocenters. The maximum atomic E-state index is 12.2. The molecule has 8 heteroatoms. The molecule has 0 bridgehead atoms. The minimum atomic E-state index is -1.11. The number of oxazole rings is 1. The van der Waals surface area contributed by atoms with E-state index in [0.717, 1.165) is 16.7 Å². The topological polar surface area (TPSA) is 85.0 Å². The van der Waals surface area contributed by atoms with Gasteiger partial charge in [-0.3, -0.25) is 0 Å². The Labute approximate surface area is 167 Å². The number of carboxylic acids is 1. The van der Waals surface area contributed by atoms with Crippen LogP contribution in [0.3, 0.4) is 0 Å². The Morgan fingerprint density at radius 1 is 1.21 bits per heavy atom. The number of ether oxygens (including phenoxy) is 2. The first-order chi connectivity index (χ1) is 14.1. The molecule has 154 valence electrons. The van der Waals surface area contributed by atoms with Gasteiger partial charge in [0.05, 0.1) is 13.2 Å². The van der Waals surface area contributed by atoms with Gasteiger partial charge in [0, 0.05) is 13.5 Å². The van der Waals surface area contributed by atoms with Gasteiger partial charge in [-0.2, -0.15) is 4.98 Å². The lowest BCUT2D eigenvalue weighted by molar-refractivity contribution is -0.150. The van der Waals surface area contributed by atoms with Crippen LogP contribution in [0.5, 0.6) is 5.75 Å². The van der Waals surface area contributed by atoms with Crippen molar-refractivity contribution in [1.82, 2.24) is 4.98 Å². The summed E-state index contributed by atoms with van der Waals surface area (Å²) in [5.74, 6) is -0.447. The first kappa shape index (κ1) is 20.6. The Balaban J connectivity index is 1.48. The van der Waals surface area contributed by atoms with Crippen molar-refractivity contribution in [3.05, 3.63) is 54.1 Å². The zero-order chi connectivity index (χ0) is 20.6. The zero-order valence-corrected chi connectivity index (χ0v) is 16.1. The van der Waals surface area contributed by atoms with Crippen molar-refractivity contribution in [2.24, 2.45) is 0 Å². The molecule has 0 spiro atoms. The summed E-state index contributed by atoms with van der Waals surface area (Å²) >= 11 is 0. The van der Waals surface area contributed by atoms with Crippen molar-refractivity contribution < 1.29 is 28.2 Å². The summed E-state index contributed by atoms with van der Waals surface area (Å²) in [5.41, 5.74) is 2.31. The van der Waals surface area contributed by atoms with E-state index < -0.39 is 18.7 Å². The van der Waals surface area contributed by atoms with E-state index >= 15 is 0 Å². The van der Waals surface area contributed by atoms with Gasteiger partial charge in [0.15, 0.2) is 11.7 Å². The summed E-state index contributed by atoms with van der Waals surface area (Å²) in [7, 11) is 1.88. The van der Waals surface area contributed by atoms with Crippen LogP contribution in [0.15, 0.2) is 52.9 Å². The lowest BCUT2D eigenvalue weighted by atomic mass is 10.1. The number of para-hydroxylation sites is 2. The molecule has 0 radical (unpaired) electrons. The number of aliphatic carboxylic acids is 1. The molecule has 3 rings (SSSR count). The fourth-order valence-corrected chi connectivity index (χ4v) is 2.76. The maximum Gasteiger partial charge on any atom is 0.333 e. The fraction of sp³-hybridized carbons (Fsp3) is 0.333. The van der Waals surface area contributed by atoms with E-state index in [0.29, 0.717) is 24.9 Å². The Bertz CT molecular complexity index is 895. The molecule has 1 N–H and O–H groups in total. The number of rotatable bonds is 11. The van der Waals surface area contributed by atoms with E-state index in [1.165, 1.54) is 0 Å². The summed E-state index contributed by atoms with van der Waals surface area (Å²) in [4.78, 5) is 17.5. The van der Waals surface area contributed by atoms with Gasteiger partial charge in [0.25, 0.3) is 6.01 Å². The van der Waals surface area contributed by atoms with Crippen molar-refractivity contribution in [2.75, 3.05) is 38.4 Å². The minimum absolute atomic E-state index is 0.163. The molecule has 2 aromatic carbocycles. The summed E-state index contributed by atoms with van der Waals surface area (Å²) in [6.45, 7) is 0.0546. The summed E-state index contributed by atoms with van der Waals surface area (Å²) in [5, 5.41) is 9.13. The highest BCUT2D eigenvalue weighted by molar-refractivity contribution is 5.74. The third-order valence-corrected chi connectivity index (χ3v) is 4.32. The molecule has 1 heterocycles. The van der Waals surface area contributed by atoms with E-state index in [1.807, 2.05) is 36.2 Å². The van der Waals surface area contributed by atoms with E-state index in [1.54, 1.807) is 24.3 Å². The molecule has 0 aliphatic rings. The Morgan fingerprint density at radius 2 is 1.97 bits per heavy atom. The quantitative estimate of drug-likeness (QED) is 0.527. The number of likely N-dealkylation sites (N-methyl/N-ethyl adjacent to an activating group) is 1. The van der Waals surface area contributed by atoms with Crippen molar-refractivity contribution in [2.45, 2.75) is 12.5 Å². The molecule has 0 aliphatic heterocycles. The standard InChI is InChI=1S/C21H23FN2O5/c1-24(21-23-17-4-2-3-5-18(17)29-21)11-13-27-16-8-6-15(7-9-16)14-19(20(25)26)28-12-10-22/h2-9,19H,10-14H2,1H3,(H,25,26). The first-order valence-corrected chi connectivity index (χ1v) is 9.25. The van der Waals surface area contributed by atoms with Crippen LogP contribution >= 0.6 is 0 Å². The SMILES string of the molecule is CN(CCOc1ccc(CC(OCCF)C(=O)O)cc1)c1nc2ccccc2o1. The molecule has 7 nitrogen and oxygen atoms in total. The van der Waals surface area contributed by atoms with Crippen LogP contribution in [0.4, 0.5) is 10.4 Å². The molecule has 29 heavy (non-hydrogen) atoms. The Morgan fingerprint density at radius 3 is 2.66 bits per heavy atom. The smallest absolute Gasteiger partial charge is 0.333 e. The number of fused-ring (bicyclic) bond motifs is 1. The first-order valence-electron chi connectivity index (χ1n) is 9.25. The number of hydrogen-bond acceptors (Lipinski definition) is 6. The highest BCUT2D eigenvalue weighted by atomic mass is 19.1. The van der Waals surface area contributed by atoms with Crippen LogP contribution in [0.2, 0.25) is 0 Å². The van der Waals surface area contributed by atoms with Crippen LogP contribution in [0.25, 0.3) is 11.1 Å². The van der Waals surface area contributed by atoms with Gasteiger partial charge in [-0.05, 0) is 29.8 Å². The predicted octanol–water partition coefficient (Wildman–Crippen LogP) is 3.32. The molecule has 0 fully saturated rings. The largest absolute Gasteiger partial charge is 0.492 e. The second-order valence-corrected chi connectivity index (χ2v) is 6.47. The molecular formula is C21H23FN2O5. The van der Waals surface area contributed by atoms with E-state index in [-0.39, 0.29) is 13.0 Å². The second-order valence-electron chi connectivity index (χ2n) is 6.47. The molecule has 0 aliphatic carbocycles. The fourth-order valence-electron chi connectivity index (χ4n) is 2.76. The number of anilines is 1. The number of carbonyl (C=O) groups is 1. The van der Waals surface area contributed by atoms with Gasteiger partial charge in [-0.25, -0.2) is 9.18 Å². The molecule has 1 atom stereocenters. The monoisotopic (exact) mass is 402 g/mol. The van der Waals surface area contributed by atoms with Crippen LogP contribution in [0, 0.1) is 0 Å². The lowest BCUT2D eigenvalue weighted by Gasteiger charge is -2.15. The third-order valence-electron chi connectivity index (χ3n) is 4.32. The average Bonchev–Trinajstić information content (AvgIpc) is 3.16. The van der Waals surface area contributed by atoms with E-state index in [9.17, 15) is 9.18 Å². The number of hydrogen-bond donors (Lipinski definition) is 1. The zero-order valence-electron chi connectivity index (χ0n) is 16.1. The molecule has 1 aromatic heterocycles. The normalized spacial score (nSPS) is 12.1. The number of carboxylic acid groups (broad SMARTS) is 1. The van der Waals surface area contributed by atoms with Crippen LogP contribution in [0.1, 0.15) is 5.56 Å². The van der Waals surface area contributed by atoms with Gasteiger partial charge >= 0.3 is 5.97 Å². The van der Waals surface area contributed by atoms with Crippen molar-refractivity contribution in [3.8, 4) is 5.75 Å². The summed E-state index contributed by atoms with van der Waals surface area (Å²) in [6.07, 6.45) is -0.904. The summed E-state index contributed by atoms with van der Waals surface area (Å²) < 4.78 is 28.7. The van der Waals surface area contributed by atoms with Gasteiger partial charge < -0.3 is 23.9 Å². The summed E-state index contributed by atoms with van der Waals surface area (Å²) in [6, 6.07) is 15.2. The van der Waals surface area contributed by atoms with Gasteiger partial charge in [0.1, 0.15) is 24.5 Å². The van der Waals surface area contributed by atoms with Gasteiger partial charge in [-0.15, -0.1) is 0 Å². The Kier molecular flexibility index (Phi) is 7.02. The minimum Gasteiger partial charge on any atom is -0.492 e. The molecule has 0 saturated heterocycles. The molecule has 0 amide bonds. The Hall–Kier alpha value is -3.13. The molecule has 0 saturated carbocycles. The predicted molar refractivity (Wildman–Crippen MR) is 106 cm³/mol. The number of alkyl halides is 1. The van der Waals surface area contributed by atoms with Crippen molar-refractivity contribution in [1.29, 1.82) is 0 Å². The number of halogens is 1. The van der Waals surface area contributed by atoms with E-state index in [2.05, 4.69) is 4.98 Å². The van der Waals surface area contributed by atoms with Crippen LogP contribution in [-0.2, 0) is 16.0 Å². The van der Waals surface area contributed by atoms with Crippen LogP contribution in [-0.4, -0.2) is 55.6 Å². The average molecular weight is 402 g/mol. The van der Waals surface area contributed by atoms with Crippen molar-refractivity contribution in [3.63, 3.8) is 0 Å². The number of benzene rings is 2. The number of nitrogens with zero attached hydrogens (tertiary/aromatic N) is 2. The molecule has 3 aromatic rings. The highest BCUT2D eigenvalue weighted by Gasteiger charge is 2.18.